The van der Waals surface area contributed by atoms with Crippen LogP contribution in [0.15, 0.2) is 41.8 Å². The normalized spacial score (nSPS) is 15.8. The zero-order valence-corrected chi connectivity index (χ0v) is 14.3. The molecule has 0 fully saturated rings. The number of fused-ring (bicyclic) bond motifs is 1. The summed E-state index contributed by atoms with van der Waals surface area (Å²) in [6.45, 7) is 0.148. The Balaban J connectivity index is 1.49. The summed E-state index contributed by atoms with van der Waals surface area (Å²) in [5.74, 6) is -1.82. The van der Waals surface area contributed by atoms with Crippen LogP contribution in [0.5, 0.6) is 0 Å². The van der Waals surface area contributed by atoms with Crippen molar-refractivity contribution >= 4 is 34.8 Å². The number of carbonyl (C=O) groups excluding carboxylic acids is 3. The van der Waals surface area contributed by atoms with Crippen molar-refractivity contribution in [1.29, 1.82) is 0 Å². The summed E-state index contributed by atoms with van der Waals surface area (Å²) < 4.78 is 5.11. The molecule has 0 saturated heterocycles. The molecule has 1 atom stereocenters. The van der Waals surface area contributed by atoms with Crippen molar-refractivity contribution in [3.8, 4) is 0 Å². The van der Waals surface area contributed by atoms with Crippen LogP contribution in [-0.4, -0.2) is 30.9 Å². The van der Waals surface area contributed by atoms with E-state index in [0.29, 0.717) is 17.8 Å². The maximum Gasteiger partial charge on any atom is 0.314 e. The number of hydrogen-bond acceptors (Lipinski definition) is 5. The van der Waals surface area contributed by atoms with Crippen molar-refractivity contribution in [3.05, 3.63) is 52.2 Å². The van der Waals surface area contributed by atoms with Crippen molar-refractivity contribution < 1.29 is 19.1 Å². The molecule has 0 aliphatic carbocycles. The molecule has 0 bridgehead atoms. The van der Waals surface area contributed by atoms with Crippen LogP contribution in [0.3, 0.4) is 0 Å². The Morgan fingerprint density at radius 3 is 2.88 bits per heavy atom. The monoisotopic (exact) mass is 358 g/mol. The van der Waals surface area contributed by atoms with Crippen molar-refractivity contribution in [1.82, 2.24) is 5.32 Å². The lowest BCUT2D eigenvalue weighted by molar-refractivity contribution is -0.150. The number of rotatable bonds is 6. The molecule has 0 radical (unpaired) electrons. The maximum atomic E-state index is 12.3. The number of carbonyl (C=O) groups is 3. The predicted octanol–water partition coefficient (Wildman–Crippen LogP) is 2.08. The quantitative estimate of drug-likeness (QED) is 0.775. The fraction of sp³-hybridized carbons (Fsp3) is 0.278. The first kappa shape index (κ1) is 17.2. The van der Waals surface area contributed by atoms with Crippen LogP contribution in [0.1, 0.15) is 22.8 Å². The van der Waals surface area contributed by atoms with E-state index in [9.17, 15) is 14.4 Å². The lowest BCUT2D eigenvalue weighted by Crippen LogP contribution is -2.33. The lowest BCUT2D eigenvalue weighted by Gasteiger charge is -2.23. The van der Waals surface area contributed by atoms with E-state index in [1.807, 2.05) is 17.5 Å². The van der Waals surface area contributed by atoms with Gasteiger partial charge in [0.2, 0.25) is 5.91 Å². The molecule has 1 aromatic carbocycles. The van der Waals surface area contributed by atoms with Gasteiger partial charge in [0.05, 0.1) is 5.92 Å². The molecular weight excluding hydrogens is 340 g/mol. The highest BCUT2D eigenvalue weighted by atomic mass is 32.1. The molecule has 3 rings (SSSR count). The molecule has 2 N–H and O–H groups in total. The lowest BCUT2D eigenvalue weighted by atomic mass is 9.91. The minimum Gasteiger partial charge on any atom is -0.455 e. The van der Waals surface area contributed by atoms with Gasteiger partial charge in [0, 0.05) is 23.5 Å². The van der Waals surface area contributed by atoms with Gasteiger partial charge in [-0.25, -0.2) is 0 Å². The van der Waals surface area contributed by atoms with Crippen LogP contribution in [-0.2, 0) is 25.5 Å². The van der Waals surface area contributed by atoms with E-state index in [4.69, 9.17) is 4.74 Å². The second-order valence-electron chi connectivity index (χ2n) is 5.68. The Kier molecular flexibility index (Phi) is 5.45. The Morgan fingerprint density at radius 2 is 2.08 bits per heavy atom. The van der Waals surface area contributed by atoms with Gasteiger partial charge in [0.1, 0.15) is 0 Å². The SMILES string of the molecule is O=C(COC(=O)C1CC(=O)Nc2ccccc21)NCCc1cccs1. The highest BCUT2D eigenvalue weighted by Gasteiger charge is 2.31. The summed E-state index contributed by atoms with van der Waals surface area (Å²) >= 11 is 1.63. The summed E-state index contributed by atoms with van der Waals surface area (Å²) in [6, 6.07) is 11.1. The number of nitrogens with one attached hydrogen (secondary N) is 2. The summed E-state index contributed by atoms with van der Waals surface area (Å²) in [5.41, 5.74) is 1.33. The molecule has 1 aromatic heterocycles. The average Bonchev–Trinajstić information content (AvgIpc) is 3.12. The predicted molar refractivity (Wildman–Crippen MR) is 94.4 cm³/mol. The van der Waals surface area contributed by atoms with E-state index in [-0.39, 0.29) is 24.8 Å². The minimum atomic E-state index is -0.677. The third-order valence-electron chi connectivity index (χ3n) is 3.90. The number of thiophene rings is 1. The maximum absolute atomic E-state index is 12.3. The molecule has 0 saturated carbocycles. The second-order valence-corrected chi connectivity index (χ2v) is 6.71. The summed E-state index contributed by atoms with van der Waals surface area (Å²) in [7, 11) is 0. The van der Waals surface area contributed by atoms with E-state index in [1.54, 1.807) is 35.6 Å². The van der Waals surface area contributed by atoms with Crippen molar-refractivity contribution in [2.45, 2.75) is 18.8 Å². The summed E-state index contributed by atoms with van der Waals surface area (Å²) in [6.07, 6.45) is 0.767. The van der Waals surface area contributed by atoms with Gasteiger partial charge in [-0.2, -0.15) is 0 Å². The van der Waals surface area contributed by atoms with E-state index < -0.39 is 11.9 Å². The third-order valence-corrected chi connectivity index (χ3v) is 4.84. The topological polar surface area (TPSA) is 84.5 Å². The smallest absolute Gasteiger partial charge is 0.314 e. The molecular formula is C18H18N2O4S. The van der Waals surface area contributed by atoms with Crippen molar-refractivity contribution in [2.24, 2.45) is 0 Å². The molecule has 1 aliphatic heterocycles. The second kappa shape index (κ2) is 7.94. The van der Waals surface area contributed by atoms with Gasteiger partial charge in [-0.05, 0) is 29.5 Å². The molecule has 1 unspecified atom stereocenters. The van der Waals surface area contributed by atoms with Crippen LogP contribution in [0.4, 0.5) is 5.69 Å². The molecule has 2 heterocycles. The fourth-order valence-electron chi connectivity index (χ4n) is 2.69. The van der Waals surface area contributed by atoms with E-state index in [0.717, 1.165) is 6.42 Å². The number of esters is 1. The number of amides is 2. The van der Waals surface area contributed by atoms with Gasteiger partial charge >= 0.3 is 5.97 Å². The molecule has 2 amide bonds. The number of para-hydroxylation sites is 1. The van der Waals surface area contributed by atoms with Gasteiger partial charge in [-0.15, -0.1) is 11.3 Å². The first-order valence-corrected chi connectivity index (χ1v) is 8.86. The van der Waals surface area contributed by atoms with Gasteiger partial charge in [-0.1, -0.05) is 24.3 Å². The molecule has 2 aromatic rings. The van der Waals surface area contributed by atoms with E-state index in [1.165, 1.54) is 4.88 Å². The Bertz CT molecular complexity index is 773. The fourth-order valence-corrected chi connectivity index (χ4v) is 3.40. The molecule has 25 heavy (non-hydrogen) atoms. The zero-order chi connectivity index (χ0) is 17.6. The number of benzene rings is 1. The highest BCUT2D eigenvalue weighted by Crippen LogP contribution is 2.32. The number of anilines is 1. The standard InChI is InChI=1S/C18H18N2O4S/c21-16-10-14(13-5-1-2-6-15(13)20-16)18(23)24-11-17(22)19-8-7-12-4-3-9-25-12/h1-6,9,14H,7-8,10-11H2,(H,19,22)(H,20,21). The van der Waals surface area contributed by atoms with Crippen LogP contribution >= 0.6 is 11.3 Å². The Morgan fingerprint density at radius 1 is 1.24 bits per heavy atom. The molecule has 130 valence electrons. The van der Waals surface area contributed by atoms with Crippen LogP contribution in [0.2, 0.25) is 0 Å². The van der Waals surface area contributed by atoms with Crippen LogP contribution in [0.25, 0.3) is 0 Å². The molecule has 1 aliphatic rings. The Hall–Kier alpha value is -2.67. The minimum absolute atomic E-state index is 0.0237. The molecule has 0 spiro atoms. The zero-order valence-electron chi connectivity index (χ0n) is 13.5. The van der Waals surface area contributed by atoms with E-state index in [2.05, 4.69) is 10.6 Å². The first-order chi connectivity index (χ1) is 12.1. The third kappa shape index (κ3) is 4.45. The van der Waals surface area contributed by atoms with Crippen molar-refractivity contribution in [3.63, 3.8) is 0 Å². The largest absolute Gasteiger partial charge is 0.455 e. The van der Waals surface area contributed by atoms with Crippen LogP contribution < -0.4 is 10.6 Å². The first-order valence-electron chi connectivity index (χ1n) is 7.98. The van der Waals surface area contributed by atoms with Gasteiger partial charge in [0.15, 0.2) is 6.61 Å². The van der Waals surface area contributed by atoms with E-state index >= 15 is 0 Å². The molecule has 6 nitrogen and oxygen atoms in total. The summed E-state index contributed by atoms with van der Waals surface area (Å²) in [5, 5.41) is 7.43. The summed E-state index contributed by atoms with van der Waals surface area (Å²) in [4.78, 5) is 37.0. The van der Waals surface area contributed by atoms with Crippen molar-refractivity contribution in [2.75, 3.05) is 18.5 Å². The number of hydrogen-bond donors (Lipinski definition) is 2. The van der Waals surface area contributed by atoms with Gasteiger partial charge < -0.3 is 15.4 Å². The van der Waals surface area contributed by atoms with Gasteiger partial charge in [0.25, 0.3) is 5.91 Å². The average molecular weight is 358 g/mol. The number of ether oxygens (including phenoxy) is 1. The molecule has 7 heteroatoms. The van der Waals surface area contributed by atoms with Crippen LogP contribution in [0, 0.1) is 0 Å². The van der Waals surface area contributed by atoms with Gasteiger partial charge in [-0.3, -0.25) is 14.4 Å². The Labute approximate surface area is 149 Å². The highest BCUT2D eigenvalue weighted by molar-refractivity contribution is 7.09.